The van der Waals surface area contributed by atoms with Crippen LogP contribution in [0.1, 0.15) is 34.1 Å². The fourth-order valence-corrected chi connectivity index (χ4v) is 3.10. The Bertz CT molecular complexity index is 296. The lowest BCUT2D eigenvalue weighted by molar-refractivity contribution is -0.138. The molecule has 2 N–H and O–H groups in total. The molecule has 5 nitrogen and oxygen atoms in total. The molecular weight excluding hydrogens is 242 g/mol. The molecule has 0 aromatic carbocycles. The summed E-state index contributed by atoms with van der Waals surface area (Å²) < 4.78 is 0. The van der Waals surface area contributed by atoms with Gasteiger partial charge in [0, 0.05) is 32.0 Å². The lowest BCUT2D eigenvalue weighted by atomic mass is 9.69. The maximum Gasteiger partial charge on any atom is 0.246 e. The van der Waals surface area contributed by atoms with Crippen LogP contribution in [0.4, 0.5) is 0 Å². The lowest BCUT2D eigenvalue weighted by Gasteiger charge is -2.49. The van der Waals surface area contributed by atoms with Gasteiger partial charge in [-0.2, -0.15) is 0 Å². The molecule has 1 rings (SSSR count). The number of likely N-dealkylation sites (N-methyl/N-ethyl adjacent to an activating group) is 1. The van der Waals surface area contributed by atoms with E-state index in [0.717, 1.165) is 19.5 Å². The van der Waals surface area contributed by atoms with Gasteiger partial charge >= 0.3 is 0 Å². The highest BCUT2D eigenvalue weighted by Gasteiger charge is 2.51. The third kappa shape index (κ3) is 3.47. The van der Waals surface area contributed by atoms with Crippen molar-refractivity contribution in [1.29, 1.82) is 0 Å². The second kappa shape index (κ2) is 8.15. The molecule has 0 spiro atoms. The fourth-order valence-electron chi connectivity index (χ4n) is 3.10. The summed E-state index contributed by atoms with van der Waals surface area (Å²) in [5.41, 5.74) is -0.766. The van der Waals surface area contributed by atoms with Crippen molar-refractivity contribution in [3.05, 3.63) is 0 Å². The molecule has 112 valence electrons. The number of likely N-dealkylation sites (tertiary alicyclic amines) is 1. The monoisotopic (exact) mass is 271 g/mol. The van der Waals surface area contributed by atoms with Crippen LogP contribution in [0, 0.1) is 11.8 Å². The van der Waals surface area contributed by atoms with E-state index < -0.39 is 5.54 Å². The number of piperidine rings is 1. The molecule has 1 heterocycles. The van der Waals surface area contributed by atoms with Gasteiger partial charge in [0.1, 0.15) is 5.54 Å². The highest BCUT2D eigenvalue weighted by molar-refractivity contribution is 5.89. The van der Waals surface area contributed by atoms with E-state index in [9.17, 15) is 9.59 Å². The van der Waals surface area contributed by atoms with Crippen molar-refractivity contribution in [2.75, 3.05) is 27.2 Å². The normalized spacial score (nSPS) is 30.8. The van der Waals surface area contributed by atoms with Crippen LogP contribution in [-0.4, -0.2) is 49.9 Å². The molecule has 1 saturated heterocycles. The molecule has 2 amide bonds. The van der Waals surface area contributed by atoms with E-state index in [4.69, 9.17) is 0 Å². The van der Waals surface area contributed by atoms with E-state index in [0.29, 0.717) is 6.41 Å². The minimum atomic E-state index is -0.766. The van der Waals surface area contributed by atoms with Crippen LogP contribution in [-0.2, 0) is 9.59 Å². The predicted octanol–water partition coefficient (Wildman–Crippen LogP) is 0.851. The number of nitrogens with one attached hydrogen (secondary N) is 2. The molecule has 1 fully saturated rings. The van der Waals surface area contributed by atoms with E-state index in [2.05, 4.69) is 22.5 Å². The third-order valence-corrected chi connectivity index (χ3v) is 3.93. The van der Waals surface area contributed by atoms with Crippen LogP contribution in [0.3, 0.4) is 0 Å². The SMILES string of the molecule is CC.CCC1CN(C)CC(C)C1(NC=O)C(=O)NC. The molecule has 0 saturated carbocycles. The number of amides is 2. The average Bonchev–Trinajstić information content (AvgIpc) is 2.42. The molecule has 0 aromatic heterocycles. The molecule has 3 atom stereocenters. The number of hydrogen-bond donors (Lipinski definition) is 2. The van der Waals surface area contributed by atoms with Gasteiger partial charge in [-0.05, 0) is 13.5 Å². The first-order chi connectivity index (χ1) is 9.02. The van der Waals surface area contributed by atoms with E-state index in [1.807, 2.05) is 27.8 Å². The first-order valence-electron chi connectivity index (χ1n) is 7.14. The molecule has 0 radical (unpaired) electrons. The Kier molecular flexibility index (Phi) is 7.68. The second-order valence-corrected chi connectivity index (χ2v) is 4.94. The summed E-state index contributed by atoms with van der Waals surface area (Å²) in [6.07, 6.45) is 1.52. The fraction of sp³-hybridized carbons (Fsp3) is 0.857. The minimum Gasteiger partial charge on any atom is -0.357 e. The smallest absolute Gasteiger partial charge is 0.246 e. The largest absolute Gasteiger partial charge is 0.357 e. The minimum absolute atomic E-state index is 0.0861. The summed E-state index contributed by atoms with van der Waals surface area (Å²) in [7, 11) is 3.67. The van der Waals surface area contributed by atoms with Gasteiger partial charge in [0.15, 0.2) is 0 Å². The standard InChI is InChI=1S/C12H23N3O2.C2H6/c1-5-10-7-15(4)6-9(2)12(10,14-8-16)11(17)13-3;1-2/h8-10H,5-7H2,1-4H3,(H,13,17)(H,14,16);1-2H3. The quantitative estimate of drug-likeness (QED) is 0.745. The summed E-state index contributed by atoms with van der Waals surface area (Å²) in [4.78, 5) is 25.3. The summed E-state index contributed by atoms with van der Waals surface area (Å²) in [5, 5.41) is 5.49. The Hall–Kier alpha value is -1.10. The van der Waals surface area contributed by atoms with Crippen molar-refractivity contribution in [3.63, 3.8) is 0 Å². The summed E-state index contributed by atoms with van der Waals surface area (Å²) in [6, 6.07) is 0. The van der Waals surface area contributed by atoms with Crippen LogP contribution in [0.2, 0.25) is 0 Å². The molecule has 1 aliphatic heterocycles. The summed E-state index contributed by atoms with van der Waals surface area (Å²) >= 11 is 0. The summed E-state index contributed by atoms with van der Waals surface area (Å²) in [6.45, 7) is 9.71. The van der Waals surface area contributed by atoms with E-state index in [-0.39, 0.29) is 17.7 Å². The number of carbonyl (C=O) groups excluding carboxylic acids is 2. The highest BCUT2D eigenvalue weighted by Crippen LogP contribution is 2.34. The lowest BCUT2D eigenvalue weighted by Crippen LogP contribution is -2.70. The van der Waals surface area contributed by atoms with Gasteiger partial charge in [0.25, 0.3) is 0 Å². The van der Waals surface area contributed by atoms with Crippen molar-refractivity contribution < 1.29 is 9.59 Å². The molecule has 3 unspecified atom stereocenters. The van der Waals surface area contributed by atoms with Crippen molar-refractivity contribution in [3.8, 4) is 0 Å². The highest BCUT2D eigenvalue weighted by atomic mass is 16.2. The third-order valence-electron chi connectivity index (χ3n) is 3.93. The van der Waals surface area contributed by atoms with E-state index in [1.165, 1.54) is 0 Å². The molecule has 1 aliphatic rings. The molecule has 0 aromatic rings. The van der Waals surface area contributed by atoms with Crippen molar-refractivity contribution in [2.24, 2.45) is 11.8 Å². The van der Waals surface area contributed by atoms with Crippen LogP contribution in [0.5, 0.6) is 0 Å². The number of nitrogens with zero attached hydrogens (tertiary/aromatic N) is 1. The Balaban J connectivity index is 0.00000154. The van der Waals surface area contributed by atoms with E-state index >= 15 is 0 Å². The first kappa shape index (κ1) is 17.9. The zero-order valence-electron chi connectivity index (χ0n) is 13.1. The average molecular weight is 271 g/mol. The van der Waals surface area contributed by atoms with Gasteiger partial charge in [-0.25, -0.2) is 0 Å². The topological polar surface area (TPSA) is 61.4 Å². The van der Waals surface area contributed by atoms with Crippen molar-refractivity contribution >= 4 is 12.3 Å². The first-order valence-corrected chi connectivity index (χ1v) is 7.14. The maximum absolute atomic E-state index is 12.2. The summed E-state index contributed by atoms with van der Waals surface area (Å²) in [5.74, 6) is 0.148. The molecular formula is C14H29N3O2. The van der Waals surface area contributed by atoms with Crippen LogP contribution in [0.25, 0.3) is 0 Å². The molecule has 5 heteroatoms. The maximum atomic E-state index is 12.2. The van der Waals surface area contributed by atoms with Crippen LogP contribution >= 0.6 is 0 Å². The molecule has 0 aliphatic carbocycles. The second-order valence-electron chi connectivity index (χ2n) is 4.94. The van der Waals surface area contributed by atoms with Gasteiger partial charge in [-0.15, -0.1) is 0 Å². The zero-order valence-corrected chi connectivity index (χ0v) is 13.1. The Morgan fingerprint density at radius 1 is 1.42 bits per heavy atom. The van der Waals surface area contributed by atoms with Crippen molar-refractivity contribution in [2.45, 2.75) is 39.7 Å². The molecule has 19 heavy (non-hydrogen) atoms. The van der Waals surface area contributed by atoms with Crippen molar-refractivity contribution in [1.82, 2.24) is 15.5 Å². The van der Waals surface area contributed by atoms with Gasteiger partial charge in [-0.1, -0.05) is 27.7 Å². The van der Waals surface area contributed by atoms with Gasteiger partial charge in [0.2, 0.25) is 12.3 Å². The Morgan fingerprint density at radius 2 is 2.00 bits per heavy atom. The van der Waals surface area contributed by atoms with Crippen LogP contribution < -0.4 is 10.6 Å². The van der Waals surface area contributed by atoms with Gasteiger partial charge < -0.3 is 15.5 Å². The number of rotatable bonds is 4. The number of hydrogen-bond acceptors (Lipinski definition) is 3. The predicted molar refractivity (Wildman–Crippen MR) is 77.8 cm³/mol. The molecule has 0 bridgehead atoms. The Morgan fingerprint density at radius 3 is 2.42 bits per heavy atom. The van der Waals surface area contributed by atoms with Gasteiger partial charge in [0.05, 0.1) is 0 Å². The Labute approximate surface area is 117 Å². The number of carbonyl (C=O) groups is 2. The van der Waals surface area contributed by atoms with Gasteiger partial charge in [-0.3, -0.25) is 9.59 Å². The van der Waals surface area contributed by atoms with Crippen LogP contribution in [0.15, 0.2) is 0 Å². The van der Waals surface area contributed by atoms with E-state index in [1.54, 1.807) is 7.05 Å². The zero-order chi connectivity index (χ0) is 15.1.